The van der Waals surface area contributed by atoms with Crippen LogP contribution in [0.2, 0.25) is 0 Å². The fourth-order valence-corrected chi connectivity index (χ4v) is 5.99. The van der Waals surface area contributed by atoms with Gasteiger partial charge in [-0.1, -0.05) is 24.3 Å². The summed E-state index contributed by atoms with van der Waals surface area (Å²) in [6.07, 6.45) is 1.39. The lowest BCUT2D eigenvalue weighted by Crippen LogP contribution is -2.44. The monoisotopic (exact) mass is 639 g/mol. The number of rotatable bonds is 5. The van der Waals surface area contributed by atoms with Crippen LogP contribution in [-0.2, 0) is 6.54 Å². The molecule has 4 heterocycles. The maximum Gasteiger partial charge on any atom is 0.343 e. The number of benzene rings is 2. The molecule has 0 radical (unpaired) electrons. The number of halogens is 2. The number of hydrogen-bond donors (Lipinski definition) is 1. The molecule has 1 aliphatic rings. The molecule has 6 rings (SSSR count). The summed E-state index contributed by atoms with van der Waals surface area (Å²) in [4.78, 5) is 26.2. The predicted octanol–water partition coefficient (Wildman–Crippen LogP) is 4.28. The molecule has 11 heteroatoms. The normalized spacial score (nSPS) is 15.8. The summed E-state index contributed by atoms with van der Waals surface area (Å²) >= 11 is 2.10. The van der Waals surface area contributed by atoms with E-state index in [0.29, 0.717) is 43.8 Å². The molecule has 2 aromatic carbocycles. The quantitative estimate of drug-likeness (QED) is 0.284. The molecular weight excluding hydrogens is 612 g/mol. The first-order valence-electron chi connectivity index (χ1n) is 12.7. The minimum atomic E-state index is -0.524. The molecule has 3 aromatic heterocycles. The number of hydrogen-bond acceptors (Lipinski definition) is 8. The van der Waals surface area contributed by atoms with Gasteiger partial charge >= 0.3 is 5.63 Å². The van der Waals surface area contributed by atoms with Crippen LogP contribution in [0.1, 0.15) is 24.3 Å². The van der Waals surface area contributed by atoms with Crippen LogP contribution in [0.4, 0.5) is 10.2 Å². The van der Waals surface area contributed by atoms with E-state index in [1.165, 1.54) is 12.4 Å². The fraction of sp³-hybridized carbons (Fsp3) is 0.286. The second kappa shape index (κ2) is 10.3. The summed E-state index contributed by atoms with van der Waals surface area (Å²) in [5.74, 6) is 0.484. The van der Waals surface area contributed by atoms with Crippen molar-refractivity contribution in [1.29, 1.82) is 0 Å². The van der Waals surface area contributed by atoms with Crippen molar-refractivity contribution in [2.45, 2.75) is 19.5 Å². The van der Waals surface area contributed by atoms with E-state index in [0.717, 1.165) is 42.7 Å². The molecule has 0 aliphatic carbocycles. The molecule has 0 spiro atoms. The van der Waals surface area contributed by atoms with Gasteiger partial charge in [-0.2, -0.15) is 5.10 Å². The van der Waals surface area contributed by atoms with Gasteiger partial charge in [0.15, 0.2) is 5.65 Å². The van der Waals surface area contributed by atoms with Gasteiger partial charge < -0.3 is 15.1 Å². The molecule has 1 atom stereocenters. The molecule has 39 heavy (non-hydrogen) atoms. The lowest BCUT2D eigenvalue weighted by molar-refractivity contribution is 0.147. The van der Waals surface area contributed by atoms with Gasteiger partial charge in [0.1, 0.15) is 33.5 Å². The highest BCUT2D eigenvalue weighted by Gasteiger charge is 2.26. The van der Waals surface area contributed by atoms with Gasteiger partial charge in [0.2, 0.25) is 0 Å². The molecule has 2 N–H and O–H groups in total. The topological polar surface area (TPSA) is 106 Å². The van der Waals surface area contributed by atoms with Crippen molar-refractivity contribution in [3.63, 3.8) is 0 Å². The van der Waals surface area contributed by atoms with Crippen molar-refractivity contribution >= 4 is 50.2 Å². The van der Waals surface area contributed by atoms with Gasteiger partial charge in [0.05, 0.1) is 10.8 Å². The smallest absolute Gasteiger partial charge is 0.343 e. The Morgan fingerprint density at radius 3 is 2.62 bits per heavy atom. The minimum Gasteiger partial charge on any atom is -0.424 e. The van der Waals surface area contributed by atoms with Crippen LogP contribution >= 0.6 is 22.6 Å². The highest BCUT2D eigenvalue weighted by Crippen LogP contribution is 2.37. The Morgan fingerprint density at radius 2 is 1.85 bits per heavy atom. The Kier molecular flexibility index (Phi) is 6.81. The van der Waals surface area contributed by atoms with Gasteiger partial charge in [-0.05, 0) is 60.3 Å². The Bertz CT molecular complexity index is 1760. The number of nitrogens with two attached hydrogens (primary N) is 1. The van der Waals surface area contributed by atoms with Crippen LogP contribution in [0.5, 0.6) is 0 Å². The van der Waals surface area contributed by atoms with Crippen molar-refractivity contribution in [2.75, 3.05) is 39.0 Å². The van der Waals surface area contributed by atoms with Gasteiger partial charge in [0, 0.05) is 49.2 Å². The summed E-state index contributed by atoms with van der Waals surface area (Å²) < 4.78 is 23.4. The van der Waals surface area contributed by atoms with Crippen molar-refractivity contribution in [2.24, 2.45) is 0 Å². The van der Waals surface area contributed by atoms with E-state index in [1.54, 1.807) is 22.9 Å². The zero-order chi connectivity index (χ0) is 27.3. The summed E-state index contributed by atoms with van der Waals surface area (Å²) in [5.41, 5.74) is 8.30. The second-order valence-corrected chi connectivity index (χ2v) is 11.0. The lowest BCUT2D eigenvalue weighted by Gasteiger charge is -2.32. The maximum absolute atomic E-state index is 15.1. The first-order valence-corrected chi connectivity index (χ1v) is 13.8. The maximum atomic E-state index is 15.1. The average molecular weight is 639 g/mol. The van der Waals surface area contributed by atoms with Gasteiger partial charge in [-0.3, -0.25) is 4.90 Å². The molecule has 5 aromatic rings. The van der Waals surface area contributed by atoms with E-state index < -0.39 is 11.7 Å². The van der Waals surface area contributed by atoms with Crippen LogP contribution in [0, 0.1) is 9.52 Å². The van der Waals surface area contributed by atoms with Gasteiger partial charge in [0.25, 0.3) is 0 Å². The average Bonchev–Trinajstić information content (AvgIpc) is 3.28. The minimum absolute atomic E-state index is 0.256. The second-order valence-electron chi connectivity index (χ2n) is 9.93. The first-order chi connectivity index (χ1) is 18.8. The van der Waals surface area contributed by atoms with Gasteiger partial charge in [-0.15, -0.1) is 0 Å². The Morgan fingerprint density at radius 1 is 1.10 bits per heavy atom. The molecule has 200 valence electrons. The van der Waals surface area contributed by atoms with Crippen LogP contribution in [0.3, 0.4) is 0 Å². The number of anilines is 1. The zero-order valence-electron chi connectivity index (χ0n) is 21.6. The lowest BCUT2D eigenvalue weighted by atomic mass is 9.94. The molecule has 1 aliphatic heterocycles. The third-order valence-electron chi connectivity index (χ3n) is 7.41. The van der Waals surface area contributed by atoms with E-state index in [2.05, 4.69) is 54.5 Å². The SMILES string of the molecule is CC(c1oc(=O)c2ccccc2c1-c1ccc(F)c(CN2CCN(C)CC2)c1)n1nc(I)c2c(N)ncnc21. The highest BCUT2D eigenvalue weighted by molar-refractivity contribution is 14.1. The van der Waals surface area contributed by atoms with Crippen molar-refractivity contribution < 1.29 is 8.81 Å². The Balaban J connectivity index is 1.52. The number of aromatic nitrogens is 4. The number of likely N-dealkylation sites (N-methyl/N-ethyl adjacent to an activating group) is 1. The molecule has 0 amide bonds. The molecule has 1 fully saturated rings. The molecule has 9 nitrogen and oxygen atoms in total. The largest absolute Gasteiger partial charge is 0.424 e. The van der Waals surface area contributed by atoms with E-state index in [4.69, 9.17) is 10.2 Å². The zero-order valence-corrected chi connectivity index (χ0v) is 23.7. The third-order valence-corrected chi connectivity index (χ3v) is 8.17. The Hall–Kier alpha value is -3.42. The third kappa shape index (κ3) is 4.68. The van der Waals surface area contributed by atoms with E-state index in [-0.39, 0.29) is 5.82 Å². The first kappa shape index (κ1) is 25.8. The van der Waals surface area contributed by atoms with Crippen LogP contribution < -0.4 is 11.4 Å². The molecular formula is C28H27FIN7O2. The summed E-state index contributed by atoms with van der Waals surface area (Å²) in [6, 6.07) is 11.9. The summed E-state index contributed by atoms with van der Waals surface area (Å²) in [6.45, 7) is 6.05. The van der Waals surface area contributed by atoms with E-state index >= 15 is 4.39 Å². The number of piperazine rings is 1. The summed E-state index contributed by atoms with van der Waals surface area (Å²) in [5, 5.41) is 6.51. The van der Waals surface area contributed by atoms with Crippen molar-refractivity contribution in [3.8, 4) is 11.1 Å². The van der Waals surface area contributed by atoms with Crippen LogP contribution in [0.25, 0.3) is 32.9 Å². The van der Waals surface area contributed by atoms with Gasteiger partial charge in [-0.25, -0.2) is 23.8 Å². The van der Waals surface area contributed by atoms with E-state index in [1.807, 2.05) is 25.1 Å². The number of nitrogen functional groups attached to an aromatic ring is 1. The molecule has 0 saturated carbocycles. The Labute approximate surface area is 237 Å². The van der Waals surface area contributed by atoms with Crippen molar-refractivity contribution in [3.05, 3.63) is 80.1 Å². The predicted molar refractivity (Wildman–Crippen MR) is 157 cm³/mol. The fourth-order valence-electron chi connectivity index (χ4n) is 5.24. The van der Waals surface area contributed by atoms with Crippen LogP contribution in [-0.4, -0.2) is 62.8 Å². The molecule has 1 saturated heterocycles. The molecule has 1 unspecified atom stereocenters. The number of fused-ring (bicyclic) bond motifs is 2. The van der Waals surface area contributed by atoms with Crippen LogP contribution in [0.15, 0.2) is 58.0 Å². The molecule has 0 bridgehead atoms. The standard InChI is InChI=1S/C28H27FIN7O2/c1-16(37-27-23(25(30)34-37)26(31)32-15-33-27)24-22(19-5-3-4-6-20(19)28(38)39-24)17-7-8-21(29)18(13-17)14-36-11-9-35(2)10-12-36/h3-8,13,15-16H,9-12,14H2,1-2H3,(H2,31,32,33). The van der Waals surface area contributed by atoms with Crippen molar-refractivity contribution in [1.82, 2.24) is 29.5 Å². The summed E-state index contributed by atoms with van der Waals surface area (Å²) in [7, 11) is 2.10. The highest BCUT2D eigenvalue weighted by atomic mass is 127. The van der Waals surface area contributed by atoms with E-state index in [9.17, 15) is 4.79 Å². The number of nitrogens with zero attached hydrogens (tertiary/aromatic N) is 6.